The molecule has 13 rings (SSSR count). The van der Waals surface area contributed by atoms with Crippen molar-refractivity contribution in [3.8, 4) is 11.4 Å². The minimum Gasteiger partial charge on any atom is -0.354 e. The number of rotatable bonds is 2. The van der Waals surface area contributed by atoms with Crippen LogP contribution in [0.3, 0.4) is 0 Å². The first-order valence-electron chi connectivity index (χ1n) is 21.7. The molecule has 0 radical (unpaired) electrons. The maximum absolute atomic E-state index is 4.00. The summed E-state index contributed by atoms with van der Waals surface area (Å²) in [7, 11) is 0. The fourth-order valence-electron chi connectivity index (χ4n) is 10.4. The van der Waals surface area contributed by atoms with Gasteiger partial charge in [0.25, 0.3) is 0 Å². The van der Waals surface area contributed by atoms with E-state index in [9.17, 15) is 0 Å². The number of hydrogen-bond acceptors (Lipinski definition) is 0. The largest absolute Gasteiger partial charge is 0.354 e. The molecule has 0 saturated carbocycles. The van der Waals surface area contributed by atoms with Gasteiger partial charge in [0.2, 0.25) is 0 Å². The van der Waals surface area contributed by atoms with Gasteiger partial charge in [0.05, 0.1) is 22.1 Å². The number of aromatic nitrogens is 3. The molecule has 0 atom stereocenters. The van der Waals surface area contributed by atoms with Gasteiger partial charge in [-0.15, -0.1) is 0 Å². The molecule has 294 valence electrons. The van der Waals surface area contributed by atoms with E-state index >= 15 is 0 Å². The summed E-state index contributed by atoms with van der Waals surface area (Å²) in [6.07, 6.45) is 0. The Kier molecular flexibility index (Phi) is 7.91. The SMILES string of the molecule is c1ccc2c(c1)[nH]c1cc(-n3c4ccccc4c4ccccc4c4ccccc4c4cc(-n5c6ccccc6c6ccccc65)ccc43)ccc1c1ccccc1c1ccccc21. The normalized spacial score (nSPS) is 11.8. The number of nitrogens with one attached hydrogen (secondary N) is 1. The smallest absolute Gasteiger partial charge is 0.0542 e. The Labute approximate surface area is 362 Å². The van der Waals surface area contributed by atoms with Crippen LogP contribution in [0.25, 0.3) is 120 Å². The lowest BCUT2D eigenvalue weighted by Gasteiger charge is -2.16. The Bertz CT molecular complexity index is 4110. The van der Waals surface area contributed by atoms with Gasteiger partial charge >= 0.3 is 0 Å². The highest BCUT2D eigenvalue weighted by Crippen LogP contribution is 2.39. The van der Waals surface area contributed by atoms with Gasteiger partial charge in [0.15, 0.2) is 0 Å². The van der Waals surface area contributed by atoms with Crippen molar-refractivity contribution >= 4 is 109 Å². The molecular formula is C60H39N3. The number of aromatic amines is 1. The van der Waals surface area contributed by atoms with Gasteiger partial charge in [-0.25, -0.2) is 0 Å². The topological polar surface area (TPSA) is 25.6 Å². The minimum absolute atomic E-state index is 1.04. The molecule has 1 N–H and O–H groups in total. The molecule has 63 heavy (non-hydrogen) atoms. The van der Waals surface area contributed by atoms with Gasteiger partial charge < -0.3 is 14.1 Å². The number of para-hydroxylation sites is 4. The van der Waals surface area contributed by atoms with E-state index in [1.807, 2.05) is 0 Å². The van der Waals surface area contributed by atoms with E-state index in [2.05, 4.69) is 245 Å². The average molecular weight is 802 g/mol. The molecule has 0 amide bonds. The summed E-state index contributed by atoms with van der Waals surface area (Å²) in [6, 6.07) is 84.6. The van der Waals surface area contributed by atoms with E-state index in [-0.39, 0.29) is 0 Å². The summed E-state index contributed by atoms with van der Waals surface area (Å²) in [5.41, 5.74) is 8.88. The third kappa shape index (κ3) is 5.46. The molecule has 0 unspecified atom stereocenters. The zero-order valence-corrected chi connectivity index (χ0v) is 34.3. The van der Waals surface area contributed by atoms with Gasteiger partial charge in [-0.1, -0.05) is 176 Å². The third-order valence-corrected chi connectivity index (χ3v) is 13.1. The summed E-state index contributed by atoms with van der Waals surface area (Å²) in [5.74, 6) is 0. The Morgan fingerprint density at radius 2 is 0.508 bits per heavy atom. The summed E-state index contributed by atoms with van der Waals surface area (Å²) in [4.78, 5) is 4.00. The standard InChI is InChI=1S/C60H39N3/c1-5-21-45-41(17-1)42-18-2-6-22-46(42)50-35-33-40(38-56(50)61-55-29-13-9-25-49(45)55)63-57-30-14-10-26-51(57)47-23-7-3-19-43(47)44-20-4-8-24-48(44)54-37-39(34-36-60(54)63)62-58-31-15-11-27-52(58)53-28-12-16-32-59(53)62/h1-38,61H. The molecule has 10 aromatic carbocycles. The first-order chi connectivity index (χ1) is 31.3. The van der Waals surface area contributed by atoms with Crippen molar-refractivity contribution in [1.29, 1.82) is 0 Å². The number of nitrogens with zero attached hydrogens (tertiary/aromatic N) is 2. The fraction of sp³-hybridized carbons (Fsp3) is 0. The fourth-order valence-corrected chi connectivity index (χ4v) is 10.4. The van der Waals surface area contributed by atoms with Crippen LogP contribution in [0.4, 0.5) is 0 Å². The van der Waals surface area contributed by atoms with Crippen LogP contribution in [0.2, 0.25) is 0 Å². The Morgan fingerprint density at radius 3 is 1.00 bits per heavy atom. The Morgan fingerprint density at radius 1 is 0.206 bits per heavy atom. The van der Waals surface area contributed by atoms with Gasteiger partial charge in [0.1, 0.15) is 0 Å². The van der Waals surface area contributed by atoms with Gasteiger partial charge in [-0.2, -0.15) is 0 Å². The van der Waals surface area contributed by atoms with Crippen molar-refractivity contribution in [2.75, 3.05) is 0 Å². The molecule has 0 aliphatic heterocycles. The summed E-state index contributed by atoms with van der Waals surface area (Å²) in [5, 5.41) is 16.8. The Hall–Kier alpha value is -8.40. The van der Waals surface area contributed by atoms with E-state index in [1.165, 1.54) is 75.7 Å². The zero-order valence-electron chi connectivity index (χ0n) is 34.3. The zero-order chi connectivity index (χ0) is 41.4. The third-order valence-electron chi connectivity index (χ3n) is 13.1. The van der Waals surface area contributed by atoms with Gasteiger partial charge in [-0.3, -0.25) is 0 Å². The van der Waals surface area contributed by atoms with Crippen molar-refractivity contribution in [2.24, 2.45) is 0 Å². The average Bonchev–Trinajstić information content (AvgIpc) is 3.72. The Balaban J connectivity index is 1.24. The monoisotopic (exact) mass is 801 g/mol. The summed E-state index contributed by atoms with van der Waals surface area (Å²) < 4.78 is 4.91. The van der Waals surface area contributed by atoms with E-state index < -0.39 is 0 Å². The van der Waals surface area contributed by atoms with Crippen molar-refractivity contribution in [2.45, 2.75) is 0 Å². The second-order valence-electron chi connectivity index (χ2n) is 16.5. The molecule has 0 aliphatic rings. The maximum Gasteiger partial charge on any atom is 0.0542 e. The molecule has 0 bridgehead atoms. The second kappa shape index (κ2) is 14.1. The molecule has 0 saturated heterocycles. The van der Waals surface area contributed by atoms with Gasteiger partial charge in [-0.05, 0) is 97.7 Å². The molecule has 3 nitrogen and oxygen atoms in total. The van der Waals surface area contributed by atoms with Crippen molar-refractivity contribution in [1.82, 2.24) is 14.1 Å². The van der Waals surface area contributed by atoms with Crippen LogP contribution >= 0.6 is 0 Å². The second-order valence-corrected chi connectivity index (χ2v) is 16.5. The number of H-pyrrole nitrogens is 1. The van der Waals surface area contributed by atoms with E-state index in [0.717, 1.165) is 44.2 Å². The van der Waals surface area contributed by atoms with E-state index in [4.69, 9.17) is 0 Å². The van der Waals surface area contributed by atoms with Crippen molar-refractivity contribution in [3.05, 3.63) is 231 Å². The molecule has 0 aliphatic carbocycles. The quantitative estimate of drug-likeness (QED) is 0.180. The lowest BCUT2D eigenvalue weighted by Crippen LogP contribution is -2.00. The summed E-state index contributed by atoms with van der Waals surface area (Å²) >= 11 is 0. The molecule has 3 heterocycles. The van der Waals surface area contributed by atoms with Crippen LogP contribution < -0.4 is 0 Å². The maximum atomic E-state index is 4.00. The lowest BCUT2D eigenvalue weighted by molar-refractivity contribution is 1.16. The number of hydrogen-bond donors (Lipinski definition) is 1. The molecule has 3 aromatic heterocycles. The highest BCUT2D eigenvalue weighted by Gasteiger charge is 2.16. The number of benzene rings is 10. The van der Waals surface area contributed by atoms with Gasteiger partial charge in [0, 0.05) is 54.7 Å². The number of fused-ring (bicyclic) bond motifs is 17. The van der Waals surface area contributed by atoms with Crippen LogP contribution in [0.5, 0.6) is 0 Å². The van der Waals surface area contributed by atoms with Crippen LogP contribution in [0, 0.1) is 0 Å². The van der Waals surface area contributed by atoms with E-state index in [1.54, 1.807) is 0 Å². The van der Waals surface area contributed by atoms with Crippen molar-refractivity contribution in [3.63, 3.8) is 0 Å². The molecule has 0 spiro atoms. The van der Waals surface area contributed by atoms with Crippen LogP contribution in [-0.4, -0.2) is 14.1 Å². The first-order valence-corrected chi connectivity index (χ1v) is 21.7. The highest BCUT2D eigenvalue weighted by atomic mass is 15.0. The van der Waals surface area contributed by atoms with Crippen molar-refractivity contribution < 1.29 is 0 Å². The predicted octanol–water partition coefficient (Wildman–Crippen LogP) is 16.4. The molecule has 3 heteroatoms. The molecule has 13 aromatic rings. The highest BCUT2D eigenvalue weighted by molar-refractivity contribution is 6.21. The molecular weight excluding hydrogens is 763 g/mol. The molecule has 0 fully saturated rings. The van der Waals surface area contributed by atoms with Crippen LogP contribution in [-0.2, 0) is 0 Å². The predicted molar refractivity (Wildman–Crippen MR) is 270 cm³/mol. The van der Waals surface area contributed by atoms with Crippen LogP contribution in [0.1, 0.15) is 0 Å². The van der Waals surface area contributed by atoms with E-state index in [0.29, 0.717) is 0 Å². The lowest BCUT2D eigenvalue weighted by atomic mass is 10.0. The first kappa shape index (κ1) is 35.4. The van der Waals surface area contributed by atoms with Crippen LogP contribution in [0.15, 0.2) is 231 Å². The summed E-state index contributed by atoms with van der Waals surface area (Å²) in [6.45, 7) is 0. The minimum atomic E-state index is 1.04.